The van der Waals surface area contributed by atoms with E-state index in [1.54, 1.807) is 23.1 Å². The third-order valence-corrected chi connectivity index (χ3v) is 5.49. The third kappa shape index (κ3) is 3.57. The highest BCUT2D eigenvalue weighted by atomic mass is 35.5. The summed E-state index contributed by atoms with van der Waals surface area (Å²) in [5.41, 5.74) is 6.95. The predicted octanol–water partition coefficient (Wildman–Crippen LogP) is 1.82. The number of nitrogens with zero attached hydrogens (tertiary/aromatic N) is 8. The summed E-state index contributed by atoms with van der Waals surface area (Å²) in [7, 11) is 1.87. The lowest BCUT2D eigenvalue weighted by atomic mass is 10.2. The molecule has 156 valence electrons. The molecule has 12 heteroatoms. The number of furan rings is 1. The Bertz CT molecular complexity index is 1170. The van der Waals surface area contributed by atoms with Crippen LogP contribution >= 0.6 is 11.6 Å². The summed E-state index contributed by atoms with van der Waals surface area (Å²) >= 11 is 6.27. The largest absolute Gasteiger partial charge is 0.461 e. The van der Waals surface area contributed by atoms with Gasteiger partial charge in [0.1, 0.15) is 0 Å². The van der Waals surface area contributed by atoms with Crippen molar-refractivity contribution < 1.29 is 4.42 Å². The molecule has 0 amide bonds. The van der Waals surface area contributed by atoms with Gasteiger partial charge in [0, 0.05) is 32.4 Å². The van der Waals surface area contributed by atoms with Gasteiger partial charge in [-0.05, 0) is 31.5 Å². The zero-order valence-corrected chi connectivity index (χ0v) is 17.1. The number of nitrogens with one attached hydrogen (secondary N) is 1. The first kappa shape index (κ1) is 18.8. The highest BCUT2D eigenvalue weighted by Gasteiger charge is 2.26. The smallest absolute Gasteiger partial charge is 0.259 e. The molecule has 1 aliphatic rings. The standard InChI is InChI=1S/C18H21ClN10O/c1-27-9-12(19)13(25-27)10-28-6-2-4-11(28)8-21-17-23-16(20)29-18(24-17)22-15(26-29)14-5-3-7-30-14/h3,5,7,9,11H,2,4,6,8,10H2,1H3,(H3,20,21,22,23,24,26). The summed E-state index contributed by atoms with van der Waals surface area (Å²) < 4.78 is 8.48. The molecule has 1 unspecified atom stereocenters. The molecule has 4 aromatic rings. The van der Waals surface area contributed by atoms with Gasteiger partial charge < -0.3 is 15.5 Å². The van der Waals surface area contributed by atoms with Crippen LogP contribution in [0.4, 0.5) is 11.9 Å². The van der Waals surface area contributed by atoms with Gasteiger partial charge in [-0.15, -0.1) is 5.10 Å². The average molecular weight is 429 g/mol. The van der Waals surface area contributed by atoms with Crippen LogP contribution in [-0.4, -0.2) is 58.4 Å². The number of likely N-dealkylation sites (tertiary alicyclic amines) is 1. The molecule has 1 aliphatic heterocycles. The first-order valence-corrected chi connectivity index (χ1v) is 10.0. The molecule has 0 saturated carbocycles. The van der Waals surface area contributed by atoms with Crippen molar-refractivity contribution in [2.45, 2.75) is 25.4 Å². The number of aromatic nitrogens is 7. The molecule has 5 rings (SSSR count). The maximum atomic E-state index is 6.27. The highest BCUT2D eigenvalue weighted by Crippen LogP contribution is 2.23. The molecule has 0 spiro atoms. The first-order valence-electron chi connectivity index (χ1n) is 9.67. The number of fused-ring (bicyclic) bond motifs is 1. The van der Waals surface area contributed by atoms with Crippen molar-refractivity contribution in [1.82, 2.24) is 39.2 Å². The van der Waals surface area contributed by atoms with E-state index in [9.17, 15) is 0 Å². The number of halogens is 1. The molecule has 3 N–H and O–H groups in total. The van der Waals surface area contributed by atoms with E-state index in [0.717, 1.165) is 25.1 Å². The van der Waals surface area contributed by atoms with E-state index < -0.39 is 0 Å². The van der Waals surface area contributed by atoms with Gasteiger partial charge in [0.25, 0.3) is 5.78 Å². The number of hydrogen-bond acceptors (Lipinski definition) is 9. The van der Waals surface area contributed by atoms with Gasteiger partial charge in [0.05, 0.1) is 17.0 Å². The van der Waals surface area contributed by atoms with Crippen LogP contribution < -0.4 is 11.1 Å². The monoisotopic (exact) mass is 428 g/mol. The highest BCUT2D eigenvalue weighted by molar-refractivity contribution is 6.31. The number of anilines is 2. The van der Waals surface area contributed by atoms with Gasteiger partial charge in [0.2, 0.25) is 17.7 Å². The van der Waals surface area contributed by atoms with Gasteiger partial charge in [0.15, 0.2) is 5.76 Å². The minimum Gasteiger partial charge on any atom is -0.461 e. The Morgan fingerprint density at radius 3 is 2.97 bits per heavy atom. The summed E-state index contributed by atoms with van der Waals surface area (Å²) in [6, 6.07) is 3.87. The Hall–Kier alpha value is -3.18. The molecule has 11 nitrogen and oxygen atoms in total. The van der Waals surface area contributed by atoms with Crippen molar-refractivity contribution in [3.05, 3.63) is 35.3 Å². The van der Waals surface area contributed by atoms with Crippen molar-refractivity contribution in [3.63, 3.8) is 0 Å². The van der Waals surface area contributed by atoms with E-state index in [4.69, 9.17) is 21.8 Å². The maximum Gasteiger partial charge on any atom is 0.259 e. The topological polar surface area (TPSA) is 128 Å². The van der Waals surface area contributed by atoms with E-state index >= 15 is 0 Å². The van der Waals surface area contributed by atoms with Crippen molar-refractivity contribution in [2.75, 3.05) is 24.1 Å². The second-order valence-electron chi connectivity index (χ2n) is 7.27. The summed E-state index contributed by atoms with van der Waals surface area (Å²) in [5, 5.41) is 12.7. The maximum absolute atomic E-state index is 6.27. The SMILES string of the molecule is Cn1cc(Cl)c(CN2CCCC2CNc2nc(N)n3nc(-c4ccco4)nc3n2)n1. The lowest BCUT2D eigenvalue weighted by molar-refractivity contribution is 0.250. The number of rotatable bonds is 6. The number of aryl methyl sites for hydroxylation is 1. The Morgan fingerprint density at radius 1 is 1.30 bits per heavy atom. The minimum atomic E-state index is 0.205. The fourth-order valence-electron chi connectivity index (χ4n) is 3.74. The molecule has 1 atom stereocenters. The Balaban J connectivity index is 1.30. The number of nitrogens with two attached hydrogens (primary N) is 1. The van der Waals surface area contributed by atoms with E-state index in [1.807, 2.05) is 13.2 Å². The van der Waals surface area contributed by atoms with Crippen molar-refractivity contribution >= 4 is 29.3 Å². The number of nitrogen functional groups attached to an aromatic ring is 1. The van der Waals surface area contributed by atoms with Crippen LogP contribution in [0.15, 0.2) is 29.0 Å². The van der Waals surface area contributed by atoms with Crippen LogP contribution in [0.3, 0.4) is 0 Å². The Kier molecular flexibility index (Phi) is 4.75. The first-order chi connectivity index (χ1) is 14.6. The van der Waals surface area contributed by atoms with Gasteiger partial charge in [-0.25, -0.2) is 0 Å². The molecule has 4 aromatic heterocycles. The zero-order valence-electron chi connectivity index (χ0n) is 16.4. The fraction of sp³-hybridized carbons (Fsp3) is 0.389. The van der Waals surface area contributed by atoms with Crippen LogP contribution in [0.25, 0.3) is 17.4 Å². The second kappa shape index (κ2) is 7.58. The molecule has 1 fully saturated rings. The summed E-state index contributed by atoms with van der Waals surface area (Å²) in [6.07, 6.45) is 5.58. The molecule has 5 heterocycles. The Morgan fingerprint density at radius 2 is 2.20 bits per heavy atom. The fourth-order valence-corrected chi connectivity index (χ4v) is 3.98. The van der Waals surface area contributed by atoms with Crippen molar-refractivity contribution in [1.29, 1.82) is 0 Å². The predicted molar refractivity (Wildman–Crippen MR) is 111 cm³/mol. The van der Waals surface area contributed by atoms with Crippen LogP contribution in [-0.2, 0) is 13.6 Å². The number of hydrogen-bond donors (Lipinski definition) is 2. The van der Waals surface area contributed by atoms with Crippen LogP contribution in [0, 0.1) is 0 Å². The minimum absolute atomic E-state index is 0.205. The molecular weight excluding hydrogens is 408 g/mol. The van der Waals surface area contributed by atoms with Gasteiger partial charge in [-0.2, -0.15) is 24.6 Å². The van der Waals surface area contributed by atoms with Gasteiger partial charge in [-0.1, -0.05) is 11.6 Å². The average Bonchev–Trinajstić information content (AvgIpc) is 3.48. The Labute approximate surface area is 176 Å². The van der Waals surface area contributed by atoms with Crippen molar-refractivity contribution in [2.24, 2.45) is 7.05 Å². The van der Waals surface area contributed by atoms with E-state index in [0.29, 0.717) is 47.5 Å². The molecule has 30 heavy (non-hydrogen) atoms. The molecule has 0 aliphatic carbocycles. The van der Waals surface area contributed by atoms with E-state index in [1.165, 1.54) is 4.52 Å². The third-order valence-electron chi connectivity index (χ3n) is 5.18. The second-order valence-corrected chi connectivity index (χ2v) is 7.68. The molecule has 0 aromatic carbocycles. The molecular formula is C18H21ClN10O. The zero-order chi connectivity index (χ0) is 20.7. The lowest BCUT2D eigenvalue weighted by Crippen LogP contribution is -2.35. The normalized spacial score (nSPS) is 17.2. The van der Waals surface area contributed by atoms with Crippen LogP contribution in [0.1, 0.15) is 18.5 Å². The van der Waals surface area contributed by atoms with Gasteiger partial charge in [-0.3, -0.25) is 9.58 Å². The van der Waals surface area contributed by atoms with E-state index in [2.05, 4.69) is 35.4 Å². The summed E-state index contributed by atoms with van der Waals surface area (Å²) in [4.78, 5) is 15.5. The summed E-state index contributed by atoms with van der Waals surface area (Å²) in [5.74, 6) is 1.94. The quantitative estimate of drug-likeness (QED) is 0.472. The van der Waals surface area contributed by atoms with Crippen molar-refractivity contribution in [3.8, 4) is 11.6 Å². The van der Waals surface area contributed by atoms with Crippen LogP contribution in [0.5, 0.6) is 0 Å². The van der Waals surface area contributed by atoms with Crippen LogP contribution in [0.2, 0.25) is 5.02 Å². The summed E-state index contributed by atoms with van der Waals surface area (Å²) in [6.45, 7) is 2.39. The van der Waals surface area contributed by atoms with E-state index in [-0.39, 0.29) is 5.95 Å². The molecule has 0 radical (unpaired) electrons. The van der Waals surface area contributed by atoms with Gasteiger partial charge >= 0.3 is 0 Å². The lowest BCUT2D eigenvalue weighted by Gasteiger charge is -2.24. The molecule has 1 saturated heterocycles. The molecule has 0 bridgehead atoms.